The van der Waals surface area contributed by atoms with E-state index in [0.29, 0.717) is 37.1 Å². The molecule has 0 saturated carbocycles. The van der Waals surface area contributed by atoms with E-state index in [1.165, 1.54) is 6.20 Å². The number of halogens is 3. The van der Waals surface area contributed by atoms with Crippen molar-refractivity contribution in [2.24, 2.45) is 0 Å². The number of amides is 1. The zero-order valence-corrected chi connectivity index (χ0v) is 22.2. The summed E-state index contributed by atoms with van der Waals surface area (Å²) >= 11 is 5.94. The lowest BCUT2D eigenvalue weighted by Gasteiger charge is -2.33. The summed E-state index contributed by atoms with van der Waals surface area (Å²) in [7, 11) is 3.66. The zero-order valence-electron chi connectivity index (χ0n) is 21.5. The Hall–Kier alpha value is -2.53. The molecule has 2 aromatic heterocycles. The molecule has 2 aliphatic heterocycles. The van der Waals surface area contributed by atoms with Crippen LogP contribution in [0.25, 0.3) is 10.9 Å². The van der Waals surface area contributed by atoms with Crippen LogP contribution in [-0.4, -0.2) is 94.5 Å². The number of pyridine rings is 1. The second kappa shape index (κ2) is 10.1. The van der Waals surface area contributed by atoms with Crippen LogP contribution in [0.15, 0.2) is 6.20 Å². The first-order valence-electron chi connectivity index (χ1n) is 12.1. The molecule has 12 heteroatoms. The van der Waals surface area contributed by atoms with E-state index in [-0.39, 0.29) is 47.5 Å². The first-order chi connectivity index (χ1) is 16.9. The summed E-state index contributed by atoms with van der Waals surface area (Å²) in [6.45, 7) is 8.43. The molecule has 4 rings (SSSR count). The third-order valence-electron chi connectivity index (χ3n) is 6.82. The van der Waals surface area contributed by atoms with Crippen molar-refractivity contribution in [3.05, 3.63) is 17.2 Å². The smallest absolute Gasteiger partial charge is 0.410 e. The van der Waals surface area contributed by atoms with Crippen molar-refractivity contribution < 1.29 is 23.0 Å². The number of aromatic nitrogens is 3. The highest BCUT2D eigenvalue weighted by Gasteiger charge is 2.39. The molecular formula is C24H33ClF2N6O3. The molecule has 0 unspecified atom stereocenters. The minimum Gasteiger partial charge on any atom is -0.462 e. The highest BCUT2D eigenvalue weighted by atomic mass is 35.5. The van der Waals surface area contributed by atoms with Gasteiger partial charge in [0.05, 0.1) is 17.5 Å². The van der Waals surface area contributed by atoms with E-state index in [1.54, 1.807) is 4.90 Å². The molecule has 2 saturated heterocycles. The summed E-state index contributed by atoms with van der Waals surface area (Å²) in [5.74, 6) is -0.364. The minimum atomic E-state index is -0.915. The van der Waals surface area contributed by atoms with E-state index in [2.05, 4.69) is 15.0 Å². The molecule has 0 aliphatic carbocycles. The van der Waals surface area contributed by atoms with Crippen LogP contribution in [0.2, 0.25) is 5.15 Å². The fraction of sp³-hybridized carbons (Fsp3) is 0.667. The number of nitrogens with zero attached hydrogens (tertiary/aromatic N) is 6. The molecule has 2 fully saturated rings. The van der Waals surface area contributed by atoms with Crippen molar-refractivity contribution in [2.45, 2.75) is 70.4 Å². The van der Waals surface area contributed by atoms with Gasteiger partial charge < -0.3 is 19.3 Å². The SMILES string of the molecule is C[C@@H]1[C@H](N(C)c2nc(OC[C@@H]3C[C@@H](F)CN3C)nc3c(F)c(Cl)ncc23)CCN1C(=O)OC(C)(C)C. The molecule has 1 amide bonds. The molecule has 0 aromatic carbocycles. The lowest BCUT2D eigenvalue weighted by Crippen LogP contribution is -2.45. The van der Waals surface area contributed by atoms with E-state index in [0.717, 1.165) is 0 Å². The number of carbonyl (C=O) groups excluding carboxylic acids is 1. The van der Waals surface area contributed by atoms with Crippen molar-refractivity contribution >= 4 is 34.4 Å². The number of rotatable bonds is 5. The third-order valence-corrected chi connectivity index (χ3v) is 7.08. The number of fused-ring (bicyclic) bond motifs is 1. The summed E-state index contributed by atoms with van der Waals surface area (Å²) < 4.78 is 40.1. The molecule has 198 valence electrons. The Morgan fingerprint density at radius 2 is 2.06 bits per heavy atom. The summed E-state index contributed by atoms with van der Waals surface area (Å²) in [5.41, 5.74) is -0.617. The number of likely N-dealkylation sites (N-methyl/N-ethyl adjacent to an activating group) is 2. The molecule has 0 bridgehead atoms. The largest absolute Gasteiger partial charge is 0.462 e. The number of alkyl halides is 1. The number of anilines is 1. The fourth-order valence-corrected chi connectivity index (χ4v) is 5.02. The van der Waals surface area contributed by atoms with Crippen LogP contribution in [0, 0.1) is 5.82 Å². The van der Waals surface area contributed by atoms with Crippen LogP contribution in [-0.2, 0) is 4.74 Å². The number of hydrogen-bond donors (Lipinski definition) is 0. The van der Waals surface area contributed by atoms with Gasteiger partial charge in [-0.1, -0.05) is 11.6 Å². The van der Waals surface area contributed by atoms with Gasteiger partial charge in [-0.3, -0.25) is 4.90 Å². The van der Waals surface area contributed by atoms with Gasteiger partial charge in [0.15, 0.2) is 11.0 Å². The Morgan fingerprint density at radius 3 is 2.69 bits per heavy atom. The number of ether oxygens (including phenoxy) is 2. The molecule has 2 aliphatic rings. The molecule has 4 atom stereocenters. The highest BCUT2D eigenvalue weighted by molar-refractivity contribution is 6.30. The van der Waals surface area contributed by atoms with Gasteiger partial charge in [0.25, 0.3) is 0 Å². The summed E-state index contributed by atoms with van der Waals surface area (Å²) in [6, 6.07) is -0.493. The Kier molecular flexibility index (Phi) is 7.43. The molecule has 0 spiro atoms. The van der Waals surface area contributed by atoms with Gasteiger partial charge >= 0.3 is 12.1 Å². The van der Waals surface area contributed by atoms with Crippen LogP contribution in [0.4, 0.5) is 19.4 Å². The van der Waals surface area contributed by atoms with E-state index in [9.17, 15) is 13.6 Å². The first kappa shape index (κ1) is 26.5. The van der Waals surface area contributed by atoms with Crippen molar-refractivity contribution in [3.63, 3.8) is 0 Å². The van der Waals surface area contributed by atoms with Gasteiger partial charge in [0.2, 0.25) is 0 Å². The number of carbonyl (C=O) groups is 1. The summed E-state index contributed by atoms with van der Waals surface area (Å²) in [4.78, 5) is 31.0. The van der Waals surface area contributed by atoms with Gasteiger partial charge in [0.1, 0.15) is 29.7 Å². The van der Waals surface area contributed by atoms with Gasteiger partial charge in [-0.05, 0) is 47.6 Å². The lowest BCUT2D eigenvalue weighted by atomic mass is 10.1. The minimum absolute atomic E-state index is 0.0142. The second-order valence-electron chi connectivity index (χ2n) is 10.6. The molecule has 36 heavy (non-hydrogen) atoms. The standard InChI is InChI=1S/C24H33ClF2N6O3/c1-13-17(7-8-33(13)23(34)36-24(2,3)4)32(6)21-16-10-28-20(25)18(27)19(16)29-22(30-21)35-12-15-9-14(26)11-31(15)5/h10,13-15,17H,7-9,11-12H2,1-6H3/t13-,14-,15+,17-/m1/s1. The quantitative estimate of drug-likeness (QED) is 0.539. The normalized spacial score (nSPS) is 25.0. The predicted octanol–water partition coefficient (Wildman–Crippen LogP) is 4.07. The van der Waals surface area contributed by atoms with Gasteiger partial charge in [-0.25, -0.2) is 18.6 Å². The predicted molar refractivity (Wildman–Crippen MR) is 133 cm³/mol. The van der Waals surface area contributed by atoms with Crippen LogP contribution in [0.3, 0.4) is 0 Å². The van der Waals surface area contributed by atoms with Crippen LogP contribution in [0.1, 0.15) is 40.5 Å². The highest BCUT2D eigenvalue weighted by Crippen LogP contribution is 2.34. The zero-order chi connectivity index (χ0) is 26.4. The molecule has 9 nitrogen and oxygen atoms in total. The lowest BCUT2D eigenvalue weighted by molar-refractivity contribution is 0.0233. The fourth-order valence-electron chi connectivity index (χ4n) is 4.89. The number of likely N-dealkylation sites (tertiary alicyclic amines) is 2. The Balaban J connectivity index is 1.62. The van der Waals surface area contributed by atoms with E-state index < -0.39 is 17.6 Å². The molecule has 4 heterocycles. The molecular weight excluding hydrogens is 494 g/mol. The Bertz CT molecular complexity index is 1130. The first-order valence-corrected chi connectivity index (χ1v) is 12.4. The van der Waals surface area contributed by atoms with Gasteiger partial charge in [0, 0.05) is 32.4 Å². The molecule has 0 radical (unpaired) electrons. The van der Waals surface area contributed by atoms with Crippen molar-refractivity contribution in [1.29, 1.82) is 0 Å². The van der Waals surface area contributed by atoms with E-state index in [1.807, 2.05) is 51.6 Å². The van der Waals surface area contributed by atoms with Crippen molar-refractivity contribution in [2.75, 3.05) is 38.7 Å². The van der Waals surface area contributed by atoms with Crippen molar-refractivity contribution in [3.8, 4) is 6.01 Å². The Morgan fingerprint density at radius 1 is 1.33 bits per heavy atom. The van der Waals surface area contributed by atoms with Crippen LogP contribution >= 0.6 is 11.6 Å². The maximum Gasteiger partial charge on any atom is 0.410 e. The molecule has 2 aromatic rings. The third kappa shape index (κ3) is 5.41. The average molecular weight is 527 g/mol. The monoisotopic (exact) mass is 526 g/mol. The maximum atomic E-state index is 15.0. The summed E-state index contributed by atoms with van der Waals surface area (Å²) in [6.07, 6.45) is 1.14. The second-order valence-corrected chi connectivity index (χ2v) is 10.9. The van der Waals surface area contributed by atoms with Crippen LogP contribution < -0.4 is 9.64 Å². The van der Waals surface area contributed by atoms with Gasteiger partial charge in [-0.2, -0.15) is 9.97 Å². The number of hydrogen-bond acceptors (Lipinski definition) is 8. The summed E-state index contributed by atoms with van der Waals surface area (Å²) in [5, 5.41) is 0.0679. The Labute approximate surface area is 214 Å². The maximum absolute atomic E-state index is 15.0. The van der Waals surface area contributed by atoms with Crippen LogP contribution in [0.5, 0.6) is 6.01 Å². The molecule has 0 N–H and O–H groups in total. The van der Waals surface area contributed by atoms with E-state index in [4.69, 9.17) is 21.1 Å². The van der Waals surface area contributed by atoms with Crippen molar-refractivity contribution in [1.82, 2.24) is 24.8 Å². The van der Waals surface area contributed by atoms with E-state index >= 15 is 0 Å². The topological polar surface area (TPSA) is 83.9 Å². The van der Waals surface area contributed by atoms with Gasteiger partial charge in [-0.15, -0.1) is 0 Å². The average Bonchev–Trinajstić information content (AvgIpc) is 3.33.